The van der Waals surface area contributed by atoms with Crippen molar-refractivity contribution in [3.63, 3.8) is 0 Å². The Balaban J connectivity index is 1.69. The fourth-order valence-electron chi connectivity index (χ4n) is 3.19. The number of aromatic nitrogens is 2. The van der Waals surface area contributed by atoms with Crippen LogP contribution in [0.3, 0.4) is 0 Å². The van der Waals surface area contributed by atoms with Gasteiger partial charge in [0.05, 0.1) is 0 Å². The molecule has 3 N–H and O–H groups in total. The van der Waals surface area contributed by atoms with Crippen molar-refractivity contribution in [1.29, 1.82) is 0 Å². The molecule has 1 atom stereocenters. The predicted octanol–water partition coefficient (Wildman–Crippen LogP) is 2.55. The van der Waals surface area contributed by atoms with Crippen molar-refractivity contribution in [3.05, 3.63) is 18.0 Å². The van der Waals surface area contributed by atoms with E-state index in [4.69, 9.17) is 5.84 Å². The van der Waals surface area contributed by atoms with Crippen molar-refractivity contribution in [2.45, 2.75) is 63.8 Å². The van der Waals surface area contributed by atoms with Crippen molar-refractivity contribution >= 4 is 0 Å². The molecule has 1 aromatic heterocycles. The Labute approximate surface area is 116 Å². The number of nitrogens with one attached hydrogen (secondary N) is 1. The van der Waals surface area contributed by atoms with Crippen molar-refractivity contribution in [2.75, 3.05) is 0 Å². The molecule has 19 heavy (non-hydrogen) atoms. The van der Waals surface area contributed by atoms with Crippen LogP contribution < -0.4 is 11.3 Å². The van der Waals surface area contributed by atoms with Gasteiger partial charge in [0.2, 0.25) is 0 Å². The molecule has 1 fully saturated rings. The second kappa shape index (κ2) is 7.65. The Morgan fingerprint density at radius 3 is 2.79 bits per heavy atom. The van der Waals surface area contributed by atoms with E-state index in [9.17, 15) is 0 Å². The Hall–Kier alpha value is -0.870. The number of nitrogens with zero attached hydrogens (tertiary/aromatic N) is 2. The van der Waals surface area contributed by atoms with Gasteiger partial charge in [-0.3, -0.25) is 16.0 Å². The van der Waals surface area contributed by atoms with Crippen molar-refractivity contribution < 1.29 is 0 Å². The van der Waals surface area contributed by atoms with Crippen LogP contribution in [0.15, 0.2) is 12.3 Å². The van der Waals surface area contributed by atoms with E-state index in [2.05, 4.69) is 16.6 Å². The van der Waals surface area contributed by atoms with E-state index in [1.54, 1.807) is 0 Å². The molecule has 0 amide bonds. The lowest BCUT2D eigenvalue weighted by atomic mass is 9.85. The normalized spacial score (nSPS) is 18.6. The zero-order valence-corrected chi connectivity index (χ0v) is 12.1. The number of hydrogen-bond donors (Lipinski definition) is 2. The van der Waals surface area contributed by atoms with Crippen LogP contribution in [0, 0.1) is 5.92 Å². The number of hydrogen-bond acceptors (Lipinski definition) is 3. The molecule has 1 aromatic rings. The number of aryl methyl sites for hydroxylation is 2. The summed E-state index contributed by atoms with van der Waals surface area (Å²) in [7, 11) is 2.00. The van der Waals surface area contributed by atoms with Gasteiger partial charge in [0.1, 0.15) is 0 Å². The minimum Gasteiger partial charge on any atom is -0.273 e. The van der Waals surface area contributed by atoms with Crippen LogP contribution in [0.5, 0.6) is 0 Å². The molecule has 0 aromatic carbocycles. The van der Waals surface area contributed by atoms with Crippen molar-refractivity contribution in [3.8, 4) is 0 Å². The summed E-state index contributed by atoms with van der Waals surface area (Å²) in [6.07, 6.45) is 13.7. The van der Waals surface area contributed by atoms with Crippen LogP contribution in [-0.4, -0.2) is 15.8 Å². The summed E-state index contributed by atoms with van der Waals surface area (Å²) in [4.78, 5) is 0. The molecule has 0 saturated heterocycles. The highest BCUT2D eigenvalue weighted by molar-refractivity contribution is 5.00. The van der Waals surface area contributed by atoms with E-state index >= 15 is 0 Å². The molecule has 2 rings (SSSR count). The maximum atomic E-state index is 5.69. The second-order valence-electron chi connectivity index (χ2n) is 5.93. The Morgan fingerprint density at radius 1 is 1.37 bits per heavy atom. The summed E-state index contributed by atoms with van der Waals surface area (Å²) < 4.78 is 1.95. The van der Waals surface area contributed by atoms with Crippen molar-refractivity contribution in [2.24, 2.45) is 18.8 Å². The van der Waals surface area contributed by atoms with Crippen LogP contribution in [-0.2, 0) is 13.5 Å². The smallest absolute Gasteiger partial charge is 0.0492 e. The van der Waals surface area contributed by atoms with Crippen LogP contribution in [0.25, 0.3) is 0 Å². The third-order valence-electron chi connectivity index (χ3n) is 4.56. The van der Waals surface area contributed by atoms with E-state index in [1.807, 2.05) is 17.9 Å². The molecule has 4 heteroatoms. The number of rotatable bonds is 7. The Kier molecular flexibility index (Phi) is 5.86. The molecular formula is C15H28N4. The van der Waals surface area contributed by atoms with Gasteiger partial charge in [-0.15, -0.1) is 0 Å². The highest BCUT2D eigenvalue weighted by Gasteiger charge is 2.16. The Bertz CT molecular complexity index is 355. The zero-order chi connectivity index (χ0) is 13.5. The van der Waals surface area contributed by atoms with Gasteiger partial charge in [-0.1, -0.05) is 32.1 Å². The lowest BCUT2D eigenvalue weighted by molar-refractivity contribution is 0.309. The largest absolute Gasteiger partial charge is 0.273 e. The molecule has 4 nitrogen and oxygen atoms in total. The lowest BCUT2D eigenvalue weighted by Crippen LogP contribution is -2.36. The van der Waals surface area contributed by atoms with Gasteiger partial charge < -0.3 is 0 Å². The first-order valence-corrected chi connectivity index (χ1v) is 7.72. The van der Waals surface area contributed by atoms with E-state index < -0.39 is 0 Å². The summed E-state index contributed by atoms with van der Waals surface area (Å²) in [6.45, 7) is 0. The van der Waals surface area contributed by atoms with E-state index in [1.165, 1.54) is 50.6 Å². The number of nitrogens with two attached hydrogens (primary N) is 1. The molecule has 1 aliphatic rings. The van der Waals surface area contributed by atoms with Gasteiger partial charge in [0.25, 0.3) is 0 Å². The molecule has 0 aliphatic heterocycles. The molecule has 0 radical (unpaired) electrons. The average Bonchev–Trinajstić information content (AvgIpc) is 2.86. The highest BCUT2D eigenvalue weighted by atomic mass is 15.3. The van der Waals surface area contributed by atoms with Gasteiger partial charge in [-0.2, -0.15) is 5.10 Å². The monoisotopic (exact) mass is 264 g/mol. The summed E-state index contributed by atoms with van der Waals surface area (Å²) in [5.41, 5.74) is 4.28. The van der Waals surface area contributed by atoms with Gasteiger partial charge in [0.15, 0.2) is 0 Å². The zero-order valence-electron chi connectivity index (χ0n) is 12.1. The highest BCUT2D eigenvalue weighted by Crippen LogP contribution is 2.28. The predicted molar refractivity (Wildman–Crippen MR) is 78.4 cm³/mol. The molecule has 1 heterocycles. The minimum atomic E-state index is 0.442. The maximum Gasteiger partial charge on any atom is 0.0492 e. The molecular weight excluding hydrogens is 236 g/mol. The summed E-state index contributed by atoms with van der Waals surface area (Å²) in [5, 5.41) is 4.20. The SMILES string of the molecule is Cn1nccc1CCC(CCC1CCCCC1)NN. The van der Waals surface area contributed by atoms with Gasteiger partial charge >= 0.3 is 0 Å². The van der Waals surface area contributed by atoms with E-state index in [0.717, 1.165) is 18.8 Å². The molecule has 1 saturated carbocycles. The summed E-state index contributed by atoms with van der Waals surface area (Å²) >= 11 is 0. The first-order valence-electron chi connectivity index (χ1n) is 7.72. The van der Waals surface area contributed by atoms with Gasteiger partial charge in [0, 0.05) is 25.0 Å². The van der Waals surface area contributed by atoms with Crippen LogP contribution in [0.2, 0.25) is 0 Å². The van der Waals surface area contributed by atoms with E-state index in [-0.39, 0.29) is 0 Å². The van der Waals surface area contributed by atoms with Crippen LogP contribution >= 0.6 is 0 Å². The first-order chi connectivity index (χ1) is 9.29. The molecule has 1 unspecified atom stereocenters. The van der Waals surface area contributed by atoms with Crippen molar-refractivity contribution in [1.82, 2.24) is 15.2 Å². The fraction of sp³-hybridized carbons (Fsp3) is 0.800. The summed E-state index contributed by atoms with van der Waals surface area (Å²) in [6, 6.07) is 2.53. The third kappa shape index (κ3) is 4.62. The average molecular weight is 264 g/mol. The fourth-order valence-corrected chi connectivity index (χ4v) is 3.19. The van der Waals surface area contributed by atoms with Gasteiger partial charge in [-0.05, 0) is 37.7 Å². The number of hydrazine groups is 1. The molecule has 1 aliphatic carbocycles. The molecule has 0 bridgehead atoms. The molecule has 0 spiro atoms. The minimum absolute atomic E-state index is 0.442. The maximum absolute atomic E-state index is 5.69. The van der Waals surface area contributed by atoms with Crippen LogP contribution in [0.1, 0.15) is 57.1 Å². The lowest BCUT2D eigenvalue weighted by Gasteiger charge is -2.24. The van der Waals surface area contributed by atoms with E-state index in [0.29, 0.717) is 6.04 Å². The first kappa shape index (κ1) is 14.5. The molecule has 108 valence electrons. The second-order valence-corrected chi connectivity index (χ2v) is 5.93. The van der Waals surface area contributed by atoms with Crippen LogP contribution in [0.4, 0.5) is 0 Å². The third-order valence-corrected chi connectivity index (χ3v) is 4.56. The topological polar surface area (TPSA) is 55.9 Å². The standard InChI is InChI=1S/C15H28N4/c1-19-15(11-12-17-19)10-9-14(18-16)8-7-13-5-3-2-4-6-13/h11-14,18H,2-10,16H2,1H3. The summed E-state index contributed by atoms with van der Waals surface area (Å²) in [5.74, 6) is 6.64. The Morgan fingerprint density at radius 2 is 2.16 bits per heavy atom. The quantitative estimate of drug-likeness (QED) is 0.588. The van der Waals surface area contributed by atoms with Gasteiger partial charge in [-0.25, -0.2) is 0 Å².